The molecule has 1 N–H and O–H groups in total. The molecule has 0 unspecified atom stereocenters. The van der Waals surface area contributed by atoms with E-state index in [2.05, 4.69) is 10.3 Å². The minimum absolute atomic E-state index is 0.0334. The van der Waals surface area contributed by atoms with Gasteiger partial charge in [-0.2, -0.15) is 0 Å². The molecule has 0 saturated carbocycles. The van der Waals surface area contributed by atoms with E-state index in [0.29, 0.717) is 15.8 Å². The minimum atomic E-state index is -0.439. The molecule has 0 atom stereocenters. The van der Waals surface area contributed by atoms with Crippen molar-refractivity contribution in [3.05, 3.63) is 105 Å². The van der Waals surface area contributed by atoms with E-state index in [0.717, 1.165) is 16.8 Å². The SMILES string of the molecule is O=C1NC(=Nc2ccccc2)SC1=Cc1ccccc1OCc1ccc([N+](=O)[O-])cc1. The highest BCUT2D eigenvalue weighted by Crippen LogP contribution is 2.31. The number of benzene rings is 3. The molecule has 1 aliphatic heterocycles. The van der Waals surface area contributed by atoms with Gasteiger partial charge in [0.05, 0.1) is 15.5 Å². The van der Waals surface area contributed by atoms with Crippen LogP contribution in [-0.2, 0) is 11.4 Å². The number of thioether (sulfide) groups is 1. The zero-order chi connectivity index (χ0) is 21.6. The van der Waals surface area contributed by atoms with Gasteiger partial charge in [0.25, 0.3) is 11.6 Å². The third-order valence-corrected chi connectivity index (χ3v) is 5.29. The Morgan fingerprint density at radius 2 is 1.71 bits per heavy atom. The summed E-state index contributed by atoms with van der Waals surface area (Å²) in [4.78, 5) is 27.7. The van der Waals surface area contributed by atoms with Crippen molar-refractivity contribution in [2.24, 2.45) is 4.99 Å². The fourth-order valence-corrected chi connectivity index (χ4v) is 3.68. The van der Waals surface area contributed by atoms with Gasteiger partial charge in [-0.05, 0) is 53.7 Å². The van der Waals surface area contributed by atoms with Crippen LogP contribution in [0.3, 0.4) is 0 Å². The van der Waals surface area contributed by atoms with E-state index in [-0.39, 0.29) is 18.2 Å². The lowest BCUT2D eigenvalue weighted by Gasteiger charge is -2.09. The molecule has 0 radical (unpaired) electrons. The lowest BCUT2D eigenvalue weighted by atomic mass is 10.1. The summed E-state index contributed by atoms with van der Waals surface area (Å²) in [5, 5.41) is 14.1. The molecule has 0 aliphatic carbocycles. The number of amides is 1. The average Bonchev–Trinajstić information content (AvgIpc) is 3.12. The van der Waals surface area contributed by atoms with Crippen molar-refractivity contribution in [1.29, 1.82) is 0 Å². The number of nitrogens with zero attached hydrogens (tertiary/aromatic N) is 2. The van der Waals surface area contributed by atoms with Gasteiger partial charge in [-0.3, -0.25) is 14.9 Å². The standard InChI is InChI=1S/C23H17N3O4S/c27-22-21(31-23(25-22)24-18-7-2-1-3-8-18)14-17-6-4-5-9-20(17)30-15-16-10-12-19(13-11-16)26(28)29/h1-14H,15H2,(H,24,25,27). The first-order valence-corrected chi connectivity index (χ1v) is 10.2. The Bertz CT molecular complexity index is 1170. The zero-order valence-electron chi connectivity index (χ0n) is 16.2. The number of carbonyl (C=O) groups excluding carboxylic acids is 1. The molecule has 0 bridgehead atoms. The van der Waals surface area contributed by atoms with Crippen LogP contribution in [0.1, 0.15) is 11.1 Å². The molecule has 3 aromatic rings. The van der Waals surface area contributed by atoms with Crippen LogP contribution in [0.4, 0.5) is 11.4 Å². The van der Waals surface area contributed by atoms with Gasteiger partial charge in [0.2, 0.25) is 0 Å². The maximum atomic E-state index is 12.4. The molecule has 1 heterocycles. The van der Waals surface area contributed by atoms with Crippen molar-refractivity contribution in [2.75, 3.05) is 0 Å². The summed E-state index contributed by atoms with van der Waals surface area (Å²) in [5.74, 6) is 0.389. The van der Waals surface area contributed by atoms with Gasteiger partial charge in [0.1, 0.15) is 12.4 Å². The van der Waals surface area contributed by atoms with Crippen molar-refractivity contribution in [3.63, 3.8) is 0 Å². The van der Waals surface area contributed by atoms with Gasteiger partial charge >= 0.3 is 0 Å². The number of ether oxygens (including phenoxy) is 1. The lowest BCUT2D eigenvalue weighted by molar-refractivity contribution is -0.384. The summed E-state index contributed by atoms with van der Waals surface area (Å²) < 4.78 is 5.91. The number of para-hydroxylation sites is 2. The average molecular weight is 431 g/mol. The Morgan fingerprint density at radius 3 is 2.45 bits per heavy atom. The molecule has 4 rings (SSSR count). The van der Waals surface area contributed by atoms with Crippen LogP contribution >= 0.6 is 11.8 Å². The van der Waals surface area contributed by atoms with Gasteiger partial charge < -0.3 is 10.1 Å². The van der Waals surface area contributed by atoms with Crippen LogP contribution in [0, 0.1) is 10.1 Å². The van der Waals surface area contributed by atoms with E-state index in [1.807, 2.05) is 54.6 Å². The molecule has 1 amide bonds. The monoisotopic (exact) mass is 431 g/mol. The number of nitrogens with one attached hydrogen (secondary N) is 1. The molecule has 1 aliphatic rings. The predicted octanol–water partition coefficient (Wildman–Crippen LogP) is 5.07. The van der Waals surface area contributed by atoms with Crippen molar-refractivity contribution in [3.8, 4) is 5.75 Å². The summed E-state index contributed by atoms with van der Waals surface area (Å²) >= 11 is 1.27. The predicted molar refractivity (Wildman–Crippen MR) is 121 cm³/mol. The normalized spacial score (nSPS) is 15.8. The van der Waals surface area contributed by atoms with Gasteiger partial charge in [0, 0.05) is 17.7 Å². The molecular formula is C23H17N3O4S. The lowest BCUT2D eigenvalue weighted by Crippen LogP contribution is -2.19. The molecule has 154 valence electrons. The third kappa shape index (κ3) is 5.18. The van der Waals surface area contributed by atoms with Crippen molar-refractivity contribution in [1.82, 2.24) is 5.32 Å². The van der Waals surface area contributed by atoms with Crippen LogP contribution in [-0.4, -0.2) is 16.0 Å². The third-order valence-electron chi connectivity index (χ3n) is 4.38. The van der Waals surface area contributed by atoms with Crippen LogP contribution < -0.4 is 10.1 Å². The largest absolute Gasteiger partial charge is 0.488 e. The maximum absolute atomic E-state index is 12.4. The van der Waals surface area contributed by atoms with Gasteiger partial charge in [-0.15, -0.1) is 0 Å². The van der Waals surface area contributed by atoms with Gasteiger partial charge in [-0.1, -0.05) is 36.4 Å². The highest BCUT2D eigenvalue weighted by molar-refractivity contribution is 8.18. The molecule has 3 aromatic carbocycles. The smallest absolute Gasteiger partial charge is 0.269 e. The topological polar surface area (TPSA) is 93.8 Å². The minimum Gasteiger partial charge on any atom is -0.488 e. The fourth-order valence-electron chi connectivity index (χ4n) is 2.85. The van der Waals surface area contributed by atoms with E-state index in [4.69, 9.17) is 4.74 Å². The number of rotatable bonds is 6. The zero-order valence-corrected chi connectivity index (χ0v) is 17.0. The Morgan fingerprint density at radius 1 is 1.00 bits per heavy atom. The van der Waals surface area contributed by atoms with E-state index >= 15 is 0 Å². The molecule has 1 fully saturated rings. The first-order chi connectivity index (χ1) is 15.1. The number of non-ortho nitro benzene ring substituents is 1. The quantitative estimate of drug-likeness (QED) is 0.334. The van der Waals surface area contributed by atoms with E-state index in [1.54, 1.807) is 18.2 Å². The van der Waals surface area contributed by atoms with Crippen molar-refractivity contribution < 1.29 is 14.5 Å². The molecule has 31 heavy (non-hydrogen) atoms. The number of nitro benzene ring substituents is 1. The first-order valence-electron chi connectivity index (χ1n) is 9.38. The van der Waals surface area contributed by atoms with Crippen LogP contribution in [0.5, 0.6) is 5.75 Å². The Hall–Kier alpha value is -3.91. The first kappa shape index (κ1) is 20.4. The van der Waals surface area contributed by atoms with Crippen LogP contribution in [0.2, 0.25) is 0 Å². The Labute approximate surface area is 182 Å². The summed E-state index contributed by atoms with van der Waals surface area (Å²) in [6.45, 7) is 0.248. The molecule has 0 aromatic heterocycles. The number of nitro groups is 1. The van der Waals surface area contributed by atoms with Crippen molar-refractivity contribution >= 4 is 40.3 Å². The van der Waals surface area contributed by atoms with Crippen LogP contribution in [0.15, 0.2) is 88.8 Å². The van der Waals surface area contributed by atoms with Crippen LogP contribution in [0.25, 0.3) is 6.08 Å². The van der Waals surface area contributed by atoms with E-state index < -0.39 is 4.92 Å². The number of amidine groups is 1. The van der Waals surface area contributed by atoms with Crippen molar-refractivity contribution in [2.45, 2.75) is 6.61 Å². The second kappa shape index (κ2) is 9.27. The fraction of sp³-hybridized carbons (Fsp3) is 0.0435. The number of hydrogen-bond donors (Lipinski definition) is 1. The summed E-state index contributed by atoms with van der Waals surface area (Å²) in [6, 6.07) is 23.0. The number of carbonyl (C=O) groups is 1. The Balaban J connectivity index is 1.49. The molecule has 7 nitrogen and oxygen atoms in total. The number of aliphatic imine (C=N–C) groups is 1. The molecule has 1 saturated heterocycles. The van der Waals surface area contributed by atoms with E-state index in [1.165, 1.54) is 23.9 Å². The second-order valence-corrected chi connectivity index (χ2v) is 7.60. The molecule has 0 spiro atoms. The van der Waals surface area contributed by atoms with E-state index in [9.17, 15) is 14.9 Å². The maximum Gasteiger partial charge on any atom is 0.269 e. The Kier molecular flexibility index (Phi) is 6.09. The molecular weight excluding hydrogens is 414 g/mol. The molecule has 8 heteroatoms. The summed E-state index contributed by atoms with van der Waals surface area (Å²) in [6.07, 6.45) is 1.76. The van der Waals surface area contributed by atoms with Gasteiger partial charge in [-0.25, -0.2) is 4.99 Å². The summed E-state index contributed by atoms with van der Waals surface area (Å²) in [5.41, 5.74) is 2.35. The highest BCUT2D eigenvalue weighted by atomic mass is 32.2. The summed E-state index contributed by atoms with van der Waals surface area (Å²) in [7, 11) is 0. The van der Waals surface area contributed by atoms with Gasteiger partial charge in [0.15, 0.2) is 5.17 Å². The highest BCUT2D eigenvalue weighted by Gasteiger charge is 2.24. The number of hydrogen-bond acceptors (Lipinski definition) is 6. The second-order valence-electron chi connectivity index (χ2n) is 6.57.